The number of ketones is 1. The van der Waals surface area contributed by atoms with E-state index in [2.05, 4.69) is 13.8 Å². The topological polar surface area (TPSA) is 17.1 Å². The van der Waals surface area contributed by atoms with Gasteiger partial charge in [-0.25, -0.2) is 0 Å². The van der Waals surface area contributed by atoms with Gasteiger partial charge >= 0.3 is 0 Å². The molecule has 1 nitrogen and oxygen atoms in total. The molecule has 0 spiro atoms. The smallest absolute Gasteiger partial charge is 0.132 e. The predicted octanol–water partition coefficient (Wildman–Crippen LogP) is 6.06. The van der Waals surface area contributed by atoms with Crippen LogP contribution >= 0.6 is 0 Å². The van der Waals surface area contributed by atoms with Gasteiger partial charge in [-0.1, -0.05) is 78.1 Å². The molecule has 0 unspecified atom stereocenters. The van der Waals surface area contributed by atoms with E-state index in [4.69, 9.17) is 0 Å². The molecule has 0 fully saturated rings. The minimum atomic E-state index is 0.500. The van der Waals surface area contributed by atoms with E-state index in [1.807, 2.05) is 0 Å². The van der Waals surface area contributed by atoms with Gasteiger partial charge in [0.25, 0.3) is 0 Å². The van der Waals surface area contributed by atoms with Crippen molar-refractivity contribution < 1.29 is 4.79 Å². The van der Waals surface area contributed by atoms with E-state index in [0.29, 0.717) is 5.78 Å². The van der Waals surface area contributed by atoms with Gasteiger partial charge in [0.15, 0.2) is 0 Å². The second kappa shape index (κ2) is 14.7. The van der Waals surface area contributed by atoms with Crippen LogP contribution in [0.5, 0.6) is 0 Å². The zero-order valence-electron chi connectivity index (χ0n) is 12.8. The van der Waals surface area contributed by atoms with E-state index in [0.717, 1.165) is 25.7 Å². The lowest BCUT2D eigenvalue weighted by Gasteiger charge is -2.02. The van der Waals surface area contributed by atoms with Gasteiger partial charge in [-0.2, -0.15) is 0 Å². The predicted molar refractivity (Wildman–Crippen MR) is 81.0 cm³/mol. The van der Waals surface area contributed by atoms with Crippen LogP contribution in [-0.4, -0.2) is 5.78 Å². The van der Waals surface area contributed by atoms with Crippen LogP contribution < -0.4 is 0 Å². The highest BCUT2D eigenvalue weighted by Crippen LogP contribution is 2.11. The SMILES string of the molecule is CCCCCCCCCC(=O)CCCCCCC. The lowest BCUT2D eigenvalue weighted by atomic mass is 10.0. The van der Waals surface area contributed by atoms with Crippen molar-refractivity contribution in [1.29, 1.82) is 0 Å². The van der Waals surface area contributed by atoms with Crippen LogP contribution in [0.4, 0.5) is 0 Å². The summed E-state index contributed by atoms with van der Waals surface area (Å²) in [5.74, 6) is 0.500. The maximum absolute atomic E-state index is 11.6. The maximum Gasteiger partial charge on any atom is 0.132 e. The molecular formula is C17H34O. The van der Waals surface area contributed by atoms with Crippen molar-refractivity contribution in [2.75, 3.05) is 0 Å². The third-order valence-corrected chi connectivity index (χ3v) is 3.62. The number of carbonyl (C=O) groups is 1. The van der Waals surface area contributed by atoms with E-state index >= 15 is 0 Å². The van der Waals surface area contributed by atoms with Gasteiger partial charge < -0.3 is 0 Å². The Bertz CT molecular complexity index is 174. The second-order valence-corrected chi connectivity index (χ2v) is 5.57. The largest absolute Gasteiger partial charge is 0.300 e. The quantitative estimate of drug-likeness (QED) is 0.344. The molecule has 0 aromatic carbocycles. The highest BCUT2D eigenvalue weighted by Gasteiger charge is 2.01. The van der Waals surface area contributed by atoms with Crippen molar-refractivity contribution in [3.8, 4) is 0 Å². The second-order valence-electron chi connectivity index (χ2n) is 5.57. The summed E-state index contributed by atoms with van der Waals surface area (Å²) in [6.45, 7) is 4.48. The van der Waals surface area contributed by atoms with Crippen LogP contribution in [0.2, 0.25) is 0 Å². The fourth-order valence-corrected chi connectivity index (χ4v) is 2.33. The van der Waals surface area contributed by atoms with Crippen LogP contribution in [0, 0.1) is 0 Å². The molecule has 0 atom stereocenters. The number of Topliss-reactive ketones (excluding diaryl/α,β-unsaturated/α-hetero) is 1. The van der Waals surface area contributed by atoms with Crippen molar-refractivity contribution in [1.82, 2.24) is 0 Å². The van der Waals surface area contributed by atoms with Gasteiger partial charge in [0.2, 0.25) is 0 Å². The van der Waals surface area contributed by atoms with Gasteiger partial charge in [-0.15, -0.1) is 0 Å². The molecule has 0 N–H and O–H groups in total. The van der Waals surface area contributed by atoms with Crippen molar-refractivity contribution in [3.05, 3.63) is 0 Å². The highest BCUT2D eigenvalue weighted by molar-refractivity contribution is 5.78. The lowest BCUT2D eigenvalue weighted by Crippen LogP contribution is -1.97. The normalized spacial score (nSPS) is 10.8. The molecule has 0 amide bonds. The summed E-state index contributed by atoms with van der Waals surface area (Å²) < 4.78 is 0. The Morgan fingerprint density at radius 1 is 0.556 bits per heavy atom. The number of hydrogen-bond donors (Lipinski definition) is 0. The molecular weight excluding hydrogens is 220 g/mol. The summed E-state index contributed by atoms with van der Waals surface area (Å²) >= 11 is 0. The van der Waals surface area contributed by atoms with Crippen molar-refractivity contribution in [2.24, 2.45) is 0 Å². The van der Waals surface area contributed by atoms with Gasteiger partial charge in [0.1, 0.15) is 5.78 Å². The molecule has 0 aromatic rings. The summed E-state index contributed by atoms with van der Waals surface area (Å²) in [7, 11) is 0. The van der Waals surface area contributed by atoms with E-state index < -0.39 is 0 Å². The molecule has 0 aliphatic carbocycles. The van der Waals surface area contributed by atoms with Crippen molar-refractivity contribution in [3.63, 3.8) is 0 Å². The van der Waals surface area contributed by atoms with Crippen LogP contribution in [0.1, 0.15) is 104 Å². The molecule has 0 aromatic heterocycles. The average Bonchev–Trinajstić information content (AvgIpc) is 2.37. The standard InChI is InChI=1S/C17H34O/c1-3-5-7-9-10-12-14-16-17(18)15-13-11-8-6-4-2/h3-16H2,1-2H3. The minimum Gasteiger partial charge on any atom is -0.300 e. The van der Waals surface area contributed by atoms with Crippen LogP contribution in [0.25, 0.3) is 0 Å². The van der Waals surface area contributed by atoms with E-state index in [-0.39, 0.29) is 0 Å². The van der Waals surface area contributed by atoms with E-state index in [1.54, 1.807) is 0 Å². The maximum atomic E-state index is 11.6. The van der Waals surface area contributed by atoms with Crippen molar-refractivity contribution >= 4 is 5.78 Å². The van der Waals surface area contributed by atoms with Gasteiger partial charge in [0.05, 0.1) is 0 Å². The number of carbonyl (C=O) groups excluding carboxylic acids is 1. The molecule has 0 heterocycles. The third-order valence-electron chi connectivity index (χ3n) is 3.62. The molecule has 0 aliphatic heterocycles. The molecule has 18 heavy (non-hydrogen) atoms. The Morgan fingerprint density at radius 2 is 0.889 bits per heavy atom. The third kappa shape index (κ3) is 13.7. The summed E-state index contributed by atoms with van der Waals surface area (Å²) in [5.41, 5.74) is 0. The van der Waals surface area contributed by atoms with Crippen LogP contribution in [0.15, 0.2) is 0 Å². The Morgan fingerprint density at radius 3 is 1.28 bits per heavy atom. The van der Waals surface area contributed by atoms with E-state index in [9.17, 15) is 4.79 Å². The molecule has 0 bridgehead atoms. The fourth-order valence-electron chi connectivity index (χ4n) is 2.33. The molecule has 108 valence electrons. The molecule has 0 saturated carbocycles. The fraction of sp³-hybridized carbons (Fsp3) is 0.941. The van der Waals surface area contributed by atoms with Gasteiger partial charge in [0, 0.05) is 12.8 Å². The first-order chi connectivity index (χ1) is 8.81. The zero-order valence-corrected chi connectivity index (χ0v) is 12.8. The molecule has 0 saturated heterocycles. The Labute approximate surface area is 115 Å². The zero-order chi connectivity index (χ0) is 13.5. The summed E-state index contributed by atoms with van der Waals surface area (Å²) in [5, 5.41) is 0. The lowest BCUT2D eigenvalue weighted by molar-refractivity contribution is -0.119. The summed E-state index contributed by atoms with van der Waals surface area (Å²) in [6, 6.07) is 0. The van der Waals surface area contributed by atoms with Gasteiger partial charge in [-0.05, 0) is 12.8 Å². The number of hydrogen-bond acceptors (Lipinski definition) is 1. The van der Waals surface area contributed by atoms with E-state index in [1.165, 1.54) is 64.2 Å². The summed E-state index contributed by atoms with van der Waals surface area (Å²) in [6.07, 6.45) is 17.1. The molecule has 1 heteroatoms. The number of rotatable bonds is 14. The van der Waals surface area contributed by atoms with Crippen molar-refractivity contribution in [2.45, 2.75) is 104 Å². The Balaban J connectivity index is 3.12. The minimum absolute atomic E-state index is 0.500. The number of unbranched alkanes of at least 4 members (excludes halogenated alkanes) is 10. The monoisotopic (exact) mass is 254 g/mol. The Hall–Kier alpha value is -0.330. The molecule has 0 aliphatic rings. The van der Waals surface area contributed by atoms with Crippen LogP contribution in [-0.2, 0) is 4.79 Å². The summed E-state index contributed by atoms with van der Waals surface area (Å²) in [4.78, 5) is 11.6. The van der Waals surface area contributed by atoms with Crippen LogP contribution in [0.3, 0.4) is 0 Å². The highest BCUT2D eigenvalue weighted by atomic mass is 16.1. The molecule has 0 radical (unpaired) electrons. The first-order valence-corrected chi connectivity index (χ1v) is 8.33. The first kappa shape index (κ1) is 17.7. The van der Waals surface area contributed by atoms with Gasteiger partial charge in [-0.3, -0.25) is 4.79 Å². The molecule has 0 rings (SSSR count). The first-order valence-electron chi connectivity index (χ1n) is 8.33. The average molecular weight is 254 g/mol. The Kier molecular flexibility index (Phi) is 14.5.